The predicted octanol–water partition coefficient (Wildman–Crippen LogP) is 4.36. The summed E-state index contributed by atoms with van der Waals surface area (Å²) in [5.74, 6) is 0. The number of hydrogen-bond donors (Lipinski definition) is 1. The lowest BCUT2D eigenvalue weighted by molar-refractivity contribution is 0.473. The lowest BCUT2D eigenvalue weighted by atomic mass is 10.1. The Morgan fingerprint density at radius 1 is 0.923 bits per heavy atom. The van der Waals surface area contributed by atoms with Crippen molar-refractivity contribution in [2.45, 2.75) is 51.9 Å². The highest BCUT2D eigenvalue weighted by Crippen LogP contribution is 2.06. The molecule has 0 aromatic carbocycles. The molecule has 1 nitrogen and oxygen atoms in total. The summed E-state index contributed by atoms with van der Waals surface area (Å²) in [5, 5.41) is 8.33. The molecule has 1 N–H and O–H groups in total. The number of aliphatic hydroxyl groups excluding tert-OH is 1. The molecule has 0 atom stereocenters. The van der Waals surface area contributed by atoms with Crippen LogP contribution in [0.15, 0.2) is 24.5 Å². The Bertz CT molecular complexity index is 136. The number of allylic oxidation sites excluding steroid dienone is 3. The van der Waals surface area contributed by atoms with Crippen molar-refractivity contribution in [2.24, 2.45) is 0 Å². The first-order valence-corrected chi connectivity index (χ1v) is 5.37. The molecule has 76 valence electrons. The molecule has 0 heterocycles. The van der Waals surface area contributed by atoms with Gasteiger partial charge in [-0.25, -0.2) is 0 Å². The Morgan fingerprint density at radius 2 is 1.62 bits per heavy atom. The van der Waals surface area contributed by atoms with Crippen LogP contribution in [-0.4, -0.2) is 5.11 Å². The van der Waals surface area contributed by atoms with Crippen LogP contribution in [0.4, 0.5) is 0 Å². The fourth-order valence-electron chi connectivity index (χ4n) is 1.27. The number of rotatable bonds is 8. The van der Waals surface area contributed by atoms with Crippen LogP contribution in [0.2, 0.25) is 0 Å². The molecule has 0 aliphatic heterocycles. The van der Waals surface area contributed by atoms with Crippen molar-refractivity contribution >= 4 is 0 Å². The van der Waals surface area contributed by atoms with E-state index in [-0.39, 0.29) is 0 Å². The third-order valence-electron chi connectivity index (χ3n) is 2.06. The van der Waals surface area contributed by atoms with Crippen molar-refractivity contribution in [3.05, 3.63) is 24.5 Å². The predicted molar refractivity (Wildman–Crippen MR) is 58.9 cm³/mol. The molecule has 0 saturated heterocycles. The smallest absolute Gasteiger partial charge is 0.0791 e. The van der Waals surface area contributed by atoms with E-state index in [0.29, 0.717) is 0 Å². The molecule has 1 heteroatoms. The van der Waals surface area contributed by atoms with Crippen LogP contribution in [-0.2, 0) is 0 Å². The summed E-state index contributed by atoms with van der Waals surface area (Å²) < 4.78 is 0. The topological polar surface area (TPSA) is 20.2 Å². The van der Waals surface area contributed by atoms with Gasteiger partial charge in [0, 0.05) is 0 Å². The van der Waals surface area contributed by atoms with Gasteiger partial charge >= 0.3 is 0 Å². The van der Waals surface area contributed by atoms with E-state index >= 15 is 0 Å². The van der Waals surface area contributed by atoms with Gasteiger partial charge in [-0.2, -0.15) is 0 Å². The fourth-order valence-corrected chi connectivity index (χ4v) is 1.27. The maximum absolute atomic E-state index is 8.33. The van der Waals surface area contributed by atoms with Gasteiger partial charge in [-0.05, 0) is 18.9 Å². The van der Waals surface area contributed by atoms with E-state index in [2.05, 4.69) is 13.0 Å². The first kappa shape index (κ1) is 12.3. The summed E-state index contributed by atoms with van der Waals surface area (Å²) in [5.41, 5.74) is 0. The Hall–Kier alpha value is -0.720. The molecule has 0 bridgehead atoms. The maximum Gasteiger partial charge on any atom is 0.0791 e. The van der Waals surface area contributed by atoms with Crippen molar-refractivity contribution < 1.29 is 5.11 Å². The zero-order valence-electron chi connectivity index (χ0n) is 8.71. The van der Waals surface area contributed by atoms with E-state index in [4.69, 9.17) is 5.11 Å². The molecule has 0 amide bonds. The van der Waals surface area contributed by atoms with E-state index in [1.165, 1.54) is 38.5 Å². The largest absolute Gasteiger partial charge is 0.516 e. The van der Waals surface area contributed by atoms with Crippen LogP contribution in [0, 0.1) is 0 Å². The molecule has 0 fully saturated rings. The summed E-state index contributed by atoms with van der Waals surface area (Å²) in [6.45, 7) is 2.24. The molecule has 0 spiro atoms. The van der Waals surface area contributed by atoms with Crippen molar-refractivity contribution in [2.75, 3.05) is 0 Å². The monoisotopic (exact) mass is 182 g/mol. The van der Waals surface area contributed by atoms with E-state index in [0.717, 1.165) is 12.7 Å². The maximum atomic E-state index is 8.33. The van der Waals surface area contributed by atoms with E-state index in [1.54, 1.807) is 6.08 Å². The molecule has 0 rings (SSSR count). The minimum absolute atomic E-state index is 1.07. The van der Waals surface area contributed by atoms with Gasteiger partial charge in [-0.15, -0.1) is 0 Å². The summed E-state index contributed by atoms with van der Waals surface area (Å²) in [6, 6.07) is 0. The Morgan fingerprint density at radius 3 is 2.31 bits per heavy atom. The summed E-state index contributed by atoms with van der Waals surface area (Å²) in [4.78, 5) is 0. The van der Waals surface area contributed by atoms with Gasteiger partial charge in [-0.3, -0.25) is 0 Å². The Labute approximate surface area is 82.2 Å². The molecule has 0 saturated carbocycles. The number of aliphatic hydroxyl groups is 1. The quantitative estimate of drug-likeness (QED) is 0.336. The van der Waals surface area contributed by atoms with Gasteiger partial charge in [0.15, 0.2) is 0 Å². The molecule has 0 aromatic rings. The van der Waals surface area contributed by atoms with Gasteiger partial charge < -0.3 is 5.11 Å². The molecular formula is C12H22O. The van der Waals surface area contributed by atoms with Crippen LogP contribution in [0.25, 0.3) is 0 Å². The first-order chi connectivity index (χ1) is 6.41. The van der Waals surface area contributed by atoms with Gasteiger partial charge in [0.25, 0.3) is 0 Å². The molecule has 0 aromatic heterocycles. The van der Waals surface area contributed by atoms with Gasteiger partial charge in [0.2, 0.25) is 0 Å². The summed E-state index contributed by atoms with van der Waals surface area (Å²) in [6.07, 6.45) is 15.9. The second-order valence-corrected chi connectivity index (χ2v) is 3.33. The highest BCUT2D eigenvalue weighted by atomic mass is 16.2. The second-order valence-electron chi connectivity index (χ2n) is 3.33. The summed E-state index contributed by atoms with van der Waals surface area (Å²) in [7, 11) is 0. The highest BCUT2D eigenvalue weighted by molar-refractivity contribution is 4.98. The minimum atomic E-state index is 1.07. The standard InChI is InChI=1S/C12H22O/c1-2-3-4-5-6-7-8-9-10-11-12-13/h9-13H,2-8H2,1H3. The number of unbranched alkanes of at least 4 members (excludes halogenated alkanes) is 6. The first-order valence-electron chi connectivity index (χ1n) is 5.37. The molecule has 13 heavy (non-hydrogen) atoms. The normalized spacial score (nSPS) is 11.8. The van der Waals surface area contributed by atoms with Crippen molar-refractivity contribution in [1.29, 1.82) is 0 Å². The SMILES string of the molecule is CCCCCCCCC=CC=CO. The van der Waals surface area contributed by atoms with Crippen molar-refractivity contribution in [3.8, 4) is 0 Å². The average Bonchev–Trinajstić information content (AvgIpc) is 2.16. The third kappa shape index (κ3) is 11.3. The van der Waals surface area contributed by atoms with Gasteiger partial charge in [-0.1, -0.05) is 51.2 Å². The van der Waals surface area contributed by atoms with Crippen LogP contribution in [0.3, 0.4) is 0 Å². The van der Waals surface area contributed by atoms with Crippen molar-refractivity contribution in [1.82, 2.24) is 0 Å². The molecular weight excluding hydrogens is 160 g/mol. The van der Waals surface area contributed by atoms with Crippen LogP contribution >= 0.6 is 0 Å². The van der Waals surface area contributed by atoms with E-state index < -0.39 is 0 Å². The fraction of sp³-hybridized carbons (Fsp3) is 0.667. The third-order valence-corrected chi connectivity index (χ3v) is 2.06. The Balaban J connectivity index is 2.99. The lowest BCUT2D eigenvalue weighted by Crippen LogP contribution is -1.77. The minimum Gasteiger partial charge on any atom is -0.516 e. The molecule has 0 radical (unpaired) electrons. The van der Waals surface area contributed by atoms with E-state index in [9.17, 15) is 0 Å². The second kappa shape index (κ2) is 11.3. The van der Waals surface area contributed by atoms with Gasteiger partial charge in [0.05, 0.1) is 6.26 Å². The van der Waals surface area contributed by atoms with Crippen LogP contribution < -0.4 is 0 Å². The zero-order chi connectivity index (χ0) is 9.78. The highest BCUT2D eigenvalue weighted by Gasteiger charge is 1.87. The average molecular weight is 182 g/mol. The molecule has 0 unspecified atom stereocenters. The Kier molecular flexibility index (Phi) is 10.7. The van der Waals surface area contributed by atoms with E-state index in [1.807, 2.05) is 6.08 Å². The molecule has 0 aliphatic rings. The zero-order valence-corrected chi connectivity index (χ0v) is 8.71. The summed E-state index contributed by atoms with van der Waals surface area (Å²) >= 11 is 0. The number of hydrogen-bond acceptors (Lipinski definition) is 1. The van der Waals surface area contributed by atoms with Crippen molar-refractivity contribution in [3.63, 3.8) is 0 Å². The van der Waals surface area contributed by atoms with Gasteiger partial charge in [0.1, 0.15) is 0 Å². The molecule has 0 aliphatic carbocycles. The van der Waals surface area contributed by atoms with Crippen LogP contribution in [0.5, 0.6) is 0 Å². The lowest BCUT2D eigenvalue weighted by Gasteiger charge is -1.96. The van der Waals surface area contributed by atoms with Crippen LogP contribution in [0.1, 0.15) is 51.9 Å².